The van der Waals surface area contributed by atoms with Crippen LogP contribution in [0.4, 0.5) is 0 Å². The van der Waals surface area contributed by atoms with Crippen LogP contribution in [0.15, 0.2) is 42.5 Å². The van der Waals surface area contributed by atoms with E-state index in [-0.39, 0.29) is 16.7 Å². The lowest BCUT2D eigenvalue weighted by Crippen LogP contribution is -2.32. The van der Waals surface area contributed by atoms with Crippen molar-refractivity contribution >= 4 is 28.7 Å². The number of hydrogen-bond acceptors (Lipinski definition) is 4. The van der Waals surface area contributed by atoms with E-state index in [4.69, 9.17) is 4.84 Å². The van der Waals surface area contributed by atoms with Crippen LogP contribution >= 0.6 is 0 Å². The van der Waals surface area contributed by atoms with E-state index in [2.05, 4.69) is 4.98 Å². The number of aromatic amines is 1. The van der Waals surface area contributed by atoms with Crippen LogP contribution in [0.25, 0.3) is 10.9 Å². The van der Waals surface area contributed by atoms with Crippen molar-refractivity contribution in [3.8, 4) is 0 Å². The average Bonchev–Trinajstić information content (AvgIpc) is 3.04. The van der Waals surface area contributed by atoms with Gasteiger partial charge in [-0.3, -0.25) is 9.59 Å². The zero-order chi connectivity index (χ0) is 17.7. The lowest BCUT2D eigenvalue weighted by atomic mass is 10.1. The van der Waals surface area contributed by atoms with Gasteiger partial charge in [-0.15, -0.1) is 0 Å². The van der Waals surface area contributed by atoms with Crippen LogP contribution < -0.4 is 0 Å². The molecule has 1 aliphatic rings. The fraction of sp³-hybridized carbons (Fsp3) is 0.105. The number of nitrogens with zero attached hydrogens (tertiary/aromatic N) is 1. The Hall–Kier alpha value is -3.41. The van der Waals surface area contributed by atoms with Gasteiger partial charge >= 0.3 is 5.97 Å². The van der Waals surface area contributed by atoms with Crippen molar-refractivity contribution in [3.63, 3.8) is 0 Å². The number of carbonyl (C=O) groups is 3. The SMILES string of the molecule is Cc1[nH]c2ccc(C(=O)ON3C(=O)c4ccccc4C3=O)cc2c1C. The molecule has 2 aromatic carbocycles. The number of rotatable bonds is 2. The molecule has 6 nitrogen and oxygen atoms in total. The number of fused-ring (bicyclic) bond motifs is 2. The van der Waals surface area contributed by atoms with E-state index in [0.717, 1.165) is 22.2 Å². The van der Waals surface area contributed by atoms with E-state index < -0.39 is 17.8 Å². The molecule has 1 aliphatic heterocycles. The number of nitrogens with one attached hydrogen (secondary N) is 1. The Balaban J connectivity index is 1.64. The summed E-state index contributed by atoms with van der Waals surface area (Å²) in [6.07, 6.45) is 0. The molecule has 0 spiro atoms. The molecule has 0 saturated heterocycles. The monoisotopic (exact) mass is 334 g/mol. The summed E-state index contributed by atoms with van der Waals surface area (Å²) in [7, 11) is 0. The fourth-order valence-electron chi connectivity index (χ4n) is 2.97. The summed E-state index contributed by atoms with van der Waals surface area (Å²) in [5.41, 5.74) is 3.69. The third kappa shape index (κ3) is 2.22. The van der Waals surface area contributed by atoms with Gasteiger partial charge in [-0.05, 0) is 49.7 Å². The number of carbonyl (C=O) groups excluding carboxylic acids is 3. The minimum atomic E-state index is -0.755. The van der Waals surface area contributed by atoms with Gasteiger partial charge in [0.25, 0.3) is 11.8 Å². The number of hydrogen-bond donors (Lipinski definition) is 1. The number of benzene rings is 2. The van der Waals surface area contributed by atoms with E-state index >= 15 is 0 Å². The third-order valence-electron chi connectivity index (χ3n) is 4.47. The molecule has 1 aromatic heterocycles. The van der Waals surface area contributed by atoms with Crippen molar-refractivity contribution in [1.29, 1.82) is 0 Å². The van der Waals surface area contributed by atoms with Crippen LogP contribution in [-0.2, 0) is 4.84 Å². The lowest BCUT2D eigenvalue weighted by molar-refractivity contribution is -0.0584. The number of aromatic nitrogens is 1. The van der Waals surface area contributed by atoms with Crippen LogP contribution in [0.3, 0.4) is 0 Å². The zero-order valence-electron chi connectivity index (χ0n) is 13.6. The lowest BCUT2D eigenvalue weighted by Gasteiger charge is -2.12. The smallest absolute Gasteiger partial charge is 0.358 e. The van der Waals surface area contributed by atoms with E-state index in [0.29, 0.717) is 5.06 Å². The van der Waals surface area contributed by atoms with Crippen molar-refractivity contribution in [1.82, 2.24) is 10.0 Å². The van der Waals surface area contributed by atoms with E-state index in [1.807, 2.05) is 13.8 Å². The molecule has 25 heavy (non-hydrogen) atoms. The predicted molar refractivity (Wildman–Crippen MR) is 90.1 cm³/mol. The summed E-state index contributed by atoms with van der Waals surface area (Å²) >= 11 is 0. The van der Waals surface area contributed by atoms with E-state index in [1.165, 1.54) is 12.1 Å². The van der Waals surface area contributed by atoms with Crippen LogP contribution in [-0.4, -0.2) is 27.8 Å². The van der Waals surface area contributed by atoms with Crippen molar-refractivity contribution in [3.05, 3.63) is 70.4 Å². The minimum absolute atomic E-state index is 0.229. The van der Waals surface area contributed by atoms with Gasteiger partial charge in [0.2, 0.25) is 0 Å². The van der Waals surface area contributed by atoms with Gasteiger partial charge in [-0.2, -0.15) is 0 Å². The number of aryl methyl sites for hydroxylation is 2. The Labute approximate surface area is 143 Å². The van der Waals surface area contributed by atoms with Gasteiger partial charge in [0.1, 0.15) is 0 Å². The van der Waals surface area contributed by atoms with E-state index in [9.17, 15) is 14.4 Å². The number of hydroxylamine groups is 2. The normalized spacial score (nSPS) is 13.4. The first-order valence-corrected chi connectivity index (χ1v) is 7.76. The van der Waals surface area contributed by atoms with Gasteiger partial charge in [0, 0.05) is 16.6 Å². The molecule has 2 heterocycles. The van der Waals surface area contributed by atoms with Crippen LogP contribution in [0, 0.1) is 13.8 Å². The summed E-state index contributed by atoms with van der Waals surface area (Å²) in [4.78, 5) is 45.3. The van der Waals surface area contributed by atoms with Gasteiger partial charge < -0.3 is 9.82 Å². The van der Waals surface area contributed by atoms with Crippen molar-refractivity contribution in [2.45, 2.75) is 13.8 Å². The Morgan fingerprint density at radius 1 is 1.00 bits per heavy atom. The zero-order valence-corrected chi connectivity index (χ0v) is 13.6. The molecular formula is C19H14N2O4. The van der Waals surface area contributed by atoms with Gasteiger partial charge in [-0.1, -0.05) is 17.2 Å². The molecule has 0 atom stereocenters. The number of imide groups is 1. The molecule has 124 valence electrons. The molecule has 4 rings (SSSR count). The molecule has 0 unspecified atom stereocenters. The van der Waals surface area contributed by atoms with Crippen molar-refractivity contribution in [2.75, 3.05) is 0 Å². The second-order valence-electron chi connectivity index (χ2n) is 5.96. The summed E-state index contributed by atoms with van der Waals surface area (Å²) < 4.78 is 0. The van der Waals surface area contributed by atoms with Gasteiger partial charge in [0.05, 0.1) is 16.7 Å². The molecule has 0 saturated carbocycles. The maximum absolute atomic E-state index is 12.4. The first-order chi connectivity index (χ1) is 12.0. The highest BCUT2D eigenvalue weighted by molar-refractivity contribution is 6.21. The molecule has 0 radical (unpaired) electrons. The van der Waals surface area contributed by atoms with Crippen molar-refractivity contribution in [2.24, 2.45) is 0 Å². The minimum Gasteiger partial charge on any atom is -0.358 e. The molecule has 0 bridgehead atoms. The first-order valence-electron chi connectivity index (χ1n) is 7.76. The summed E-state index contributed by atoms with van der Waals surface area (Å²) in [5, 5.41) is 1.42. The van der Waals surface area contributed by atoms with Gasteiger partial charge in [0.15, 0.2) is 0 Å². The molecular weight excluding hydrogens is 320 g/mol. The molecule has 6 heteroatoms. The van der Waals surface area contributed by atoms with Crippen LogP contribution in [0.5, 0.6) is 0 Å². The topological polar surface area (TPSA) is 79.5 Å². The number of amides is 2. The second kappa shape index (κ2) is 5.31. The Morgan fingerprint density at radius 3 is 2.28 bits per heavy atom. The Bertz CT molecular complexity index is 1030. The largest absolute Gasteiger partial charge is 0.363 e. The molecule has 0 fully saturated rings. The fourth-order valence-corrected chi connectivity index (χ4v) is 2.97. The third-order valence-corrected chi connectivity index (χ3v) is 4.47. The second-order valence-corrected chi connectivity index (χ2v) is 5.96. The maximum atomic E-state index is 12.4. The molecule has 2 amide bonds. The number of H-pyrrole nitrogens is 1. The molecule has 1 N–H and O–H groups in total. The Morgan fingerprint density at radius 2 is 1.64 bits per heavy atom. The predicted octanol–water partition coefficient (Wildman–Crippen LogP) is 3.15. The van der Waals surface area contributed by atoms with Crippen molar-refractivity contribution < 1.29 is 19.2 Å². The highest BCUT2D eigenvalue weighted by Crippen LogP contribution is 2.25. The Kier molecular flexibility index (Phi) is 3.21. The van der Waals surface area contributed by atoms with Gasteiger partial charge in [-0.25, -0.2) is 4.79 Å². The van der Waals surface area contributed by atoms with Crippen LogP contribution in [0.1, 0.15) is 42.3 Å². The van der Waals surface area contributed by atoms with Crippen LogP contribution in [0.2, 0.25) is 0 Å². The van der Waals surface area contributed by atoms with E-state index in [1.54, 1.807) is 30.3 Å². The highest BCUT2D eigenvalue weighted by Gasteiger charge is 2.38. The standard InChI is InChI=1S/C19H14N2O4/c1-10-11(2)20-16-8-7-12(9-15(10)16)19(24)25-21-17(22)13-5-3-4-6-14(13)18(21)23/h3-9,20H,1-2H3. The highest BCUT2D eigenvalue weighted by atomic mass is 16.7. The summed E-state index contributed by atoms with van der Waals surface area (Å²) in [6, 6.07) is 11.4. The maximum Gasteiger partial charge on any atom is 0.363 e. The quantitative estimate of drug-likeness (QED) is 0.730. The summed E-state index contributed by atoms with van der Waals surface area (Å²) in [5.74, 6) is -2.03. The summed E-state index contributed by atoms with van der Waals surface area (Å²) in [6.45, 7) is 3.90. The first kappa shape index (κ1) is 15.1. The average molecular weight is 334 g/mol. The molecule has 3 aromatic rings. The molecule has 0 aliphatic carbocycles.